The van der Waals surface area contributed by atoms with E-state index in [1.807, 2.05) is 6.92 Å². The van der Waals surface area contributed by atoms with Crippen molar-refractivity contribution < 1.29 is 24.5 Å². The summed E-state index contributed by atoms with van der Waals surface area (Å²) in [5.74, 6) is -1.92. The number of carboxylic acids is 1. The summed E-state index contributed by atoms with van der Waals surface area (Å²) in [6.45, 7) is 7.94. The van der Waals surface area contributed by atoms with Crippen molar-refractivity contribution in [2.75, 3.05) is 33.0 Å². The van der Waals surface area contributed by atoms with Crippen LogP contribution in [0.15, 0.2) is 10.6 Å². The minimum Gasteiger partial charge on any atom is -0.477 e. The van der Waals surface area contributed by atoms with Gasteiger partial charge in [-0.1, -0.05) is 6.92 Å². The fourth-order valence-electron chi connectivity index (χ4n) is 5.09. The largest absolute Gasteiger partial charge is 0.477 e. The zero-order chi connectivity index (χ0) is 20.7. The number of nitrogens with zero attached hydrogens (tertiary/aromatic N) is 2. The summed E-state index contributed by atoms with van der Waals surface area (Å²) in [5, 5.41) is 23.4. The van der Waals surface area contributed by atoms with Crippen molar-refractivity contribution in [2.24, 2.45) is 11.8 Å². The van der Waals surface area contributed by atoms with Crippen LogP contribution >= 0.6 is 11.8 Å². The number of nitrogens with one attached hydrogen (secondary N) is 1. The average molecular weight is 426 g/mol. The van der Waals surface area contributed by atoms with Gasteiger partial charge in [0.25, 0.3) is 0 Å². The van der Waals surface area contributed by atoms with Crippen LogP contribution in [0.4, 0.5) is 0 Å². The van der Waals surface area contributed by atoms with Gasteiger partial charge in [-0.3, -0.25) is 9.69 Å². The fourth-order valence-corrected chi connectivity index (χ4v) is 6.61. The molecule has 1 amide bonds. The lowest BCUT2D eigenvalue weighted by molar-refractivity contribution is -0.163. The Hall–Kier alpha value is -1.13. The van der Waals surface area contributed by atoms with E-state index < -0.39 is 18.0 Å². The maximum Gasteiger partial charge on any atom is 0.353 e. The summed E-state index contributed by atoms with van der Waals surface area (Å²) in [6.07, 6.45) is 2.64. The first-order valence-corrected chi connectivity index (χ1v) is 11.4. The second-order valence-corrected chi connectivity index (χ2v) is 10.0. The number of β-lactam (4-membered cyclic amide) rings is 1. The van der Waals surface area contributed by atoms with E-state index in [4.69, 9.17) is 4.74 Å². The highest BCUT2D eigenvalue weighted by molar-refractivity contribution is 8.03. The molecule has 0 bridgehead atoms. The number of ether oxygens (including phenoxy) is 1. The van der Waals surface area contributed by atoms with E-state index in [0.717, 1.165) is 31.0 Å². The molecule has 0 aliphatic carbocycles. The molecule has 6 atom stereocenters. The van der Waals surface area contributed by atoms with E-state index in [-0.39, 0.29) is 34.9 Å². The van der Waals surface area contributed by atoms with Crippen molar-refractivity contribution in [3.63, 3.8) is 0 Å². The lowest BCUT2D eigenvalue weighted by atomic mass is 9.79. The van der Waals surface area contributed by atoms with Crippen LogP contribution in [0.5, 0.6) is 0 Å². The third-order valence-corrected chi connectivity index (χ3v) is 8.09. The van der Waals surface area contributed by atoms with Gasteiger partial charge in [0.2, 0.25) is 5.91 Å². The van der Waals surface area contributed by atoms with Gasteiger partial charge in [-0.25, -0.2) is 4.79 Å². The zero-order valence-corrected chi connectivity index (χ0v) is 17.9. The van der Waals surface area contributed by atoms with Gasteiger partial charge in [0, 0.05) is 41.7 Å². The molecule has 3 N–H and O–H groups in total. The van der Waals surface area contributed by atoms with Crippen LogP contribution in [-0.4, -0.2) is 88.3 Å². The molecule has 1 unspecified atom stereocenters. The summed E-state index contributed by atoms with van der Waals surface area (Å²) in [5.41, 5.74) is 0.114. The number of amides is 1. The SMILES string of the molecule is C[C@H]1C(S[C@@H]2CN[C@H](COCN3CCCC3)C2)=C(C(=O)O)N2C(=O)[C@H]([C@@H](C)O)C12. The molecule has 0 aromatic heterocycles. The monoisotopic (exact) mass is 425 g/mol. The molecular weight excluding hydrogens is 394 g/mol. The predicted octanol–water partition coefficient (Wildman–Crippen LogP) is 0.674. The number of fused-ring (bicyclic) bond motifs is 1. The first kappa shape index (κ1) is 21.1. The van der Waals surface area contributed by atoms with Crippen molar-refractivity contribution in [3.05, 3.63) is 10.6 Å². The minimum atomic E-state index is -1.06. The lowest BCUT2D eigenvalue weighted by Gasteiger charge is -2.46. The van der Waals surface area contributed by atoms with Crippen molar-refractivity contribution in [3.8, 4) is 0 Å². The number of aliphatic hydroxyl groups is 1. The number of rotatable bonds is 8. The van der Waals surface area contributed by atoms with Gasteiger partial charge >= 0.3 is 5.97 Å². The fraction of sp³-hybridized carbons (Fsp3) is 0.800. The van der Waals surface area contributed by atoms with Crippen LogP contribution in [0.3, 0.4) is 0 Å². The molecule has 0 saturated carbocycles. The molecule has 0 spiro atoms. The highest BCUT2D eigenvalue weighted by Crippen LogP contribution is 2.51. The minimum absolute atomic E-state index is 0.0751. The van der Waals surface area contributed by atoms with Crippen molar-refractivity contribution >= 4 is 23.6 Å². The van der Waals surface area contributed by atoms with Gasteiger partial charge in [-0.2, -0.15) is 0 Å². The Bertz CT molecular complexity index is 694. The van der Waals surface area contributed by atoms with Gasteiger partial charge in [-0.05, 0) is 26.2 Å². The van der Waals surface area contributed by atoms with Crippen LogP contribution in [0.25, 0.3) is 0 Å². The summed E-state index contributed by atoms with van der Waals surface area (Å²) in [6, 6.07) is 0.0228. The van der Waals surface area contributed by atoms with Crippen LogP contribution in [0, 0.1) is 11.8 Å². The molecule has 4 aliphatic heterocycles. The number of likely N-dealkylation sites (tertiary alicyclic amines) is 1. The first-order valence-electron chi connectivity index (χ1n) is 10.6. The smallest absolute Gasteiger partial charge is 0.353 e. The van der Waals surface area contributed by atoms with E-state index in [1.165, 1.54) is 17.7 Å². The quantitative estimate of drug-likeness (QED) is 0.488. The molecule has 162 valence electrons. The topological polar surface area (TPSA) is 102 Å². The number of carbonyl (C=O) groups is 2. The number of thioether (sulfide) groups is 1. The van der Waals surface area contributed by atoms with Crippen LogP contribution < -0.4 is 5.32 Å². The summed E-state index contributed by atoms with van der Waals surface area (Å²) >= 11 is 1.58. The van der Waals surface area contributed by atoms with E-state index in [9.17, 15) is 19.8 Å². The van der Waals surface area contributed by atoms with Crippen LogP contribution in [-0.2, 0) is 14.3 Å². The number of carboxylic acid groups (broad SMARTS) is 1. The Morgan fingerprint density at radius 3 is 2.76 bits per heavy atom. The Morgan fingerprint density at radius 2 is 2.10 bits per heavy atom. The Morgan fingerprint density at radius 1 is 1.38 bits per heavy atom. The number of hydrogen-bond donors (Lipinski definition) is 3. The zero-order valence-electron chi connectivity index (χ0n) is 17.0. The van der Waals surface area contributed by atoms with E-state index >= 15 is 0 Å². The van der Waals surface area contributed by atoms with Gasteiger partial charge in [0.15, 0.2) is 0 Å². The average Bonchev–Trinajstić information content (AvgIpc) is 3.37. The number of hydrogen-bond acceptors (Lipinski definition) is 7. The Kier molecular flexibility index (Phi) is 6.22. The van der Waals surface area contributed by atoms with E-state index in [2.05, 4.69) is 10.2 Å². The van der Waals surface area contributed by atoms with Crippen molar-refractivity contribution in [2.45, 2.75) is 56.5 Å². The standard InChI is InChI=1S/C20H31N3O5S/c1-11-16-15(12(2)24)19(25)23(16)17(20(26)27)18(11)29-14-7-13(21-8-14)9-28-10-22-5-3-4-6-22/h11-16,21,24H,3-10H2,1-2H3,(H,26,27)/t11-,12-,13+,14+,15-,16?/m1/s1. The van der Waals surface area contributed by atoms with E-state index in [0.29, 0.717) is 13.3 Å². The maximum atomic E-state index is 12.4. The van der Waals surface area contributed by atoms with Gasteiger partial charge in [-0.15, -0.1) is 11.8 Å². The molecule has 0 radical (unpaired) electrons. The van der Waals surface area contributed by atoms with Gasteiger partial charge in [0.1, 0.15) is 5.70 Å². The van der Waals surface area contributed by atoms with Gasteiger partial charge < -0.3 is 25.2 Å². The van der Waals surface area contributed by atoms with Crippen LogP contribution in [0.2, 0.25) is 0 Å². The highest BCUT2D eigenvalue weighted by Gasteiger charge is 2.60. The van der Waals surface area contributed by atoms with Crippen molar-refractivity contribution in [1.29, 1.82) is 0 Å². The molecule has 4 heterocycles. The summed E-state index contributed by atoms with van der Waals surface area (Å²) in [4.78, 5) is 28.8. The first-order chi connectivity index (χ1) is 13.9. The molecule has 0 aromatic carbocycles. The molecular formula is C20H31N3O5S. The summed E-state index contributed by atoms with van der Waals surface area (Å²) < 4.78 is 5.87. The van der Waals surface area contributed by atoms with Crippen molar-refractivity contribution in [1.82, 2.24) is 15.1 Å². The third kappa shape index (κ3) is 3.95. The lowest BCUT2D eigenvalue weighted by Crippen LogP contribution is -2.63. The molecule has 3 fully saturated rings. The molecule has 9 heteroatoms. The molecule has 3 saturated heterocycles. The summed E-state index contributed by atoms with van der Waals surface area (Å²) in [7, 11) is 0. The molecule has 4 aliphatic rings. The normalized spacial score (nSPS) is 35.9. The Balaban J connectivity index is 1.35. The molecule has 29 heavy (non-hydrogen) atoms. The Labute approximate surface area is 175 Å². The number of aliphatic hydroxyl groups excluding tert-OH is 1. The van der Waals surface area contributed by atoms with Gasteiger partial charge in [0.05, 0.1) is 31.4 Å². The molecule has 0 aromatic rings. The number of aliphatic carboxylic acids is 1. The second-order valence-electron chi connectivity index (χ2n) is 8.68. The van der Waals surface area contributed by atoms with E-state index in [1.54, 1.807) is 18.7 Å². The highest BCUT2D eigenvalue weighted by atomic mass is 32.2. The molecule has 8 nitrogen and oxygen atoms in total. The maximum absolute atomic E-state index is 12.4. The predicted molar refractivity (Wildman–Crippen MR) is 109 cm³/mol. The third-order valence-electron chi connectivity index (χ3n) is 6.58. The number of carbonyl (C=O) groups excluding carboxylic acids is 1. The second kappa shape index (κ2) is 8.55. The van der Waals surface area contributed by atoms with Crippen LogP contribution in [0.1, 0.15) is 33.1 Å². The molecule has 4 rings (SSSR count).